The van der Waals surface area contributed by atoms with Crippen molar-refractivity contribution in [2.45, 2.75) is 6.42 Å². The number of hydrogen-bond acceptors (Lipinski definition) is 4. The number of ether oxygens (including phenoxy) is 1. The van der Waals surface area contributed by atoms with Crippen LogP contribution in [0.4, 0.5) is 0 Å². The van der Waals surface area contributed by atoms with Crippen LogP contribution in [0.3, 0.4) is 0 Å². The molecule has 0 radical (unpaired) electrons. The van der Waals surface area contributed by atoms with Gasteiger partial charge in [0.2, 0.25) is 6.08 Å². The predicted octanol–water partition coefficient (Wildman–Crippen LogP) is 1.60. The standard InChI is InChI=1S/C11H11NO3/c1-15-10-4-2-9(3-5-10)11(14)6-7-12-8-13/h2-5H,6-7H2,1H3. The Balaban J connectivity index is 2.61. The first-order chi connectivity index (χ1) is 7.27. The van der Waals surface area contributed by atoms with Gasteiger partial charge in [-0.2, -0.15) is 0 Å². The summed E-state index contributed by atoms with van der Waals surface area (Å²) < 4.78 is 4.97. The number of rotatable bonds is 5. The van der Waals surface area contributed by atoms with E-state index in [-0.39, 0.29) is 18.7 Å². The zero-order valence-corrected chi connectivity index (χ0v) is 8.40. The molecule has 0 saturated carbocycles. The van der Waals surface area contributed by atoms with Gasteiger partial charge in [0.05, 0.1) is 13.7 Å². The highest BCUT2D eigenvalue weighted by Crippen LogP contribution is 2.12. The lowest BCUT2D eigenvalue weighted by Crippen LogP contribution is -2.00. The van der Waals surface area contributed by atoms with Crippen molar-refractivity contribution in [1.29, 1.82) is 0 Å². The zero-order chi connectivity index (χ0) is 11.1. The van der Waals surface area contributed by atoms with Crippen molar-refractivity contribution in [2.75, 3.05) is 13.7 Å². The van der Waals surface area contributed by atoms with Gasteiger partial charge in [0.25, 0.3) is 0 Å². The molecule has 0 unspecified atom stereocenters. The van der Waals surface area contributed by atoms with Gasteiger partial charge in [0.1, 0.15) is 5.75 Å². The van der Waals surface area contributed by atoms with E-state index in [1.54, 1.807) is 31.4 Å². The summed E-state index contributed by atoms with van der Waals surface area (Å²) in [5.74, 6) is 0.661. The fourth-order valence-electron chi connectivity index (χ4n) is 1.12. The molecule has 1 aromatic carbocycles. The smallest absolute Gasteiger partial charge is 0.234 e. The van der Waals surface area contributed by atoms with Crippen molar-refractivity contribution in [3.8, 4) is 5.75 Å². The lowest BCUT2D eigenvalue weighted by Gasteiger charge is -2.01. The van der Waals surface area contributed by atoms with E-state index in [2.05, 4.69) is 4.99 Å². The normalized spacial score (nSPS) is 9.13. The average Bonchev–Trinajstić information content (AvgIpc) is 2.29. The van der Waals surface area contributed by atoms with E-state index in [0.717, 1.165) is 0 Å². The van der Waals surface area contributed by atoms with E-state index < -0.39 is 0 Å². The first kappa shape index (κ1) is 11.1. The molecule has 4 nitrogen and oxygen atoms in total. The lowest BCUT2D eigenvalue weighted by atomic mass is 10.1. The Kier molecular flexibility index (Phi) is 4.26. The van der Waals surface area contributed by atoms with E-state index in [1.165, 1.54) is 6.08 Å². The molecule has 0 aliphatic carbocycles. The SMILES string of the molecule is COc1ccc(C(=O)CCN=C=O)cc1. The van der Waals surface area contributed by atoms with Gasteiger partial charge < -0.3 is 4.74 Å². The van der Waals surface area contributed by atoms with E-state index in [9.17, 15) is 9.59 Å². The van der Waals surface area contributed by atoms with E-state index in [1.807, 2.05) is 0 Å². The van der Waals surface area contributed by atoms with Crippen molar-refractivity contribution < 1.29 is 14.3 Å². The lowest BCUT2D eigenvalue weighted by molar-refractivity contribution is 0.0985. The van der Waals surface area contributed by atoms with Crippen LogP contribution in [-0.2, 0) is 4.79 Å². The first-order valence-electron chi connectivity index (χ1n) is 4.49. The maximum Gasteiger partial charge on any atom is 0.234 e. The van der Waals surface area contributed by atoms with Crippen LogP contribution in [-0.4, -0.2) is 25.5 Å². The predicted molar refractivity (Wildman–Crippen MR) is 54.9 cm³/mol. The molecule has 0 saturated heterocycles. The molecule has 0 spiro atoms. The number of carbonyl (C=O) groups excluding carboxylic acids is 2. The van der Waals surface area contributed by atoms with Crippen molar-refractivity contribution in [3.05, 3.63) is 29.8 Å². The summed E-state index contributed by atoms with van der Waals surface area (Å²) in [6, 6.07) is 6.81. The molecule has 4 heteroatoms. The van der Waals surface area contributed by atoms with Gasteiger partial charge >= 0.3 is 0 Å². The number of aliphatic imine (C=N–C) groups is 1. The summed E-state index contributed by atoms with van der Waals surface area (Å²) in [4.78, 5) is 24.6. The minimum Gasteiger partial charge on any atom is -0.497 e. The monoisotopic (exact) mass is 205 g/mol. The van der Waals surface area contributed by atoms with Crippen LogP contribution in [0.25, 0.3) is 0 Å². The number of Topliss-reactive ketones (excluding diaryl/α,β-unsaturated/α-hetero) is 1. The van der Waals surface area contributed by atoms with Crippen molar-refractivity contribution >= 4 is 11.9 Å². The molecule has 0 bridgehead atoms. The highest BCUT2D eigenvalue weighted by atomic mass is 16.5. The number of benzene rings is 1. The van der Waals surface area contributed by atoms with Gasteiger partial charge in [-0.25, -0.2) is 9.79 Å². The Morgan fingerprint density at radius 2 is 2.07 bits per heavy atom. The van der Waals surface area contributed by atoms with Crippen LogP contribution in [0.15, 0.2) is 29.3 Å². The second-order valence-corrected chi connectivity index (χ2v) is 2.87. The van der Waals surface area contributed by atoms with Gasteiger partial charge in [0.15, 0.2) is 5.78 Å². The van der Waals surface area contributed by atoms with E-state index in [4.69, 9.17) is 4.74 Å². The molecule has 0 heterocycles. The molecule has 1 rings (SSSR count). The fraction of sp³-hybridized carbons (Fsp3) is 0.273. The fourth-order valence-corrected chi connectivity index (χ4v) is 1.12. The minimum atomic E-state index is -0.0448. The summed E-state index contributed by atoms with van der Waals surface area (Å²) in [6.45, 7) is 0.189. The molecular formula is C11H11NO3. The molecule has 78 valence electrons. The van der Waals surface area contributed by atoms with Crippen LogP contribution in [0, 0.1) is 0 Å². The van der Waals surface area contributed by atoms with Crippen molar-refractivity contribution in [1.82, 2.24) is 0 Å². The first-order valence-corrected chi connectivity index (χ1v) is 4.49. The van der Waals surface area contributed by atoms with Crippen LogP contribution in [0.1, 0.15) is 16.8 Å². The highest BCUT2D eigenvalue weighted by Gasteiger charge is 2.04. The molecule has 0 N–H and O–H groups in total. The molecule has 0 aromatic heterocycles. The summed E-state index contributed by atoms with van der Waals surface area (Å²) >= 11 is 0. The van der Waals surface area contributed by atoms with Gasteiger partial charge in [0, 0.05) is 12.0 Å². The number of nitrogens with zero attached hydrogens (tertiary/aromatic N) is 1. The van der Waals surface area contributed by atoms with E-state index >= 15 is 0 Å². The molecule has 0 fully saturated rings. The second kappa shape index (κ2) is 5.73. The molecular weight excluding hydrogens is 194 g/mol. The Hall–Kier alpha value is -1.93. The molecule has 0 aliphatic rings. The Morgan fingerprint density at radius 1 is 1.40 bits per heavy atom. The van der Waals surface area contributed by atoms with Crippen LogP contribution < -0.4 is 4.74 Å². The van der Waals surface area contributed by atoms with Gasteiger partial charge in [-0.15, -0.1) is 0 Å². The Labute approximate surface area is 87.6 Å². The number of ketones is 1. The third kappa shape index (κ3) is 3.37. The summed E-state index contributed by atoms with van der Waals surface area (Å²) in [6.07, 6.45) is 1.62. The maximum atomic E-state index is 11.5. The highest BCUT2D eigenvalue weighted by molar-refractivity contribution is 5.96. The second-order valence-electron chi connectivity index (χ2n) is 2.87. The van der Waals surface area contributed by atoms with Crippen LogP contribution in [0.2, 0.25) is 0 Å². The van der Waals surface area contributed by atoms with Gasteiger partial charge in [-0.3, -0.25) is 4.79 Å². The third-order valence-electron chi connectivity index (χ3n) is 1.93. The van der Waals surface area contributed by atoms with Gasteiger partial charge in [-0.1, -0.05) is 0 Å². The molecule has 0 aliphatic heterocycles. The average molecular weight is 205 g/mol. The molecule has 0 atom stereocenters. The molecule has 0 amide bonds. The number of isocyanates is 1. The summed E-state index contributed by atoms with van der Waals surface area (Å²) in [7, 11) is 1.57. The van der Waals surface area contributed by atoms with E-state index in [0.29, 0.717) is 11.3 Å². The van der Waals surface area contributed by atoms with Gasteiger partial charge in [-0.05, 0) is 24.3 Å². The number of carbonyl (C=O) groups is 1. The largest absolute Gasteiger partial charge is 0.497 e. The number of hydrogen-bond donors (Lipinski definition) is 0. The maximum absolute atomic E-state index is 11.5. The third-order valence-corrected chi connectivity index (χ3v) is 1.93. The van der Waals surface area contributed by atoms with Crippen LogP contribution in [0.5, 0.6) is 5.75 Å². The van der Waals surface area contributed by atoms with Crippen molar-refractivity contribution in [2.24, 2.45) is 4.99 Å². The quantitative estimate of drug-likeness (QED) is 0.417. The molecule has 1 aromatic rings. The minimum absolute atomic E-state index is 0.0448. The summed E-state index contributed by atoms with van der Waals surface area (Å²) in [5, 5.41) is 0. The van der Waals surface area contributed by atoms with Crippen LogP contribution >= 0.6 is 0 Å². The Morgan fingerprint density at radius 3 is 2.60 bits per heavy atom. The van der Waals surface area contributed by atoms with Crippen molar-refractivity contribution in [3.63, 3.8) is 0 Å². The summed E-state index contributed by atoms with van der Waals surface area (Å²) in [5.41, 5.74) is 0.594. The zero-order valence-electron chi connectivity index (χ0n) is 8.40. The topological polar surface area (TPSA) is 55.7 Å². The Bertz CT molecular complexity index is 377. The number of methoxy groups -OCH3 is 1. The molecule has 15 heavy (non-hydrogen) atoms.